The van der Waals surface area contributed by atoms with Crippen molar-refractivity contribution in [1.29, 1.82) is 0 Å². The molecule has 5 N–H and O–H groups in total. The van der Waals surface area contributed by atoms with Gasteiger partial charge in [-0.25, -0.2) is 9.59 Å². The Bertz CT molecular complexity index is 1620. The molecule has 1 fully saturated rings. The number of ether oxygens (including phenoxy) is 4. The average molecular weight is 896 g/mol. The molecule has 4 bridgehead atoms. The van der Waals surface area contributed by atoms with Crippen LogP contribution in [0.5, 0.6) is 17.2 Å². The fourth-order valence-electron chi connectivity index (χ4n) is 4.49. The number of carbonyl (C=O) groups excluding carboxylic acids is 5. The molecule has 2 aromatic rings. The third-order valence-electron chi connectivity index (χ3n) is 6.66. The van der Waals surface area contributed by atoms with Gasteiger partial charge in [0.05, 0.1) is 20.6 Å². The van der Waals surface area contributed by atoms with E-state index in [1.54, 1.807) is 63.2 Å². The number of esters is 1. The molecule has 305 valence electrons. The Morgan fingerprint density at radius 2 is 1.38 bits per heavy atom. The van der Waals surface area contributed by atoms with E-state index in [4.69, 9.17) is 24.7 Å². The average Bonchev–Trinajstić information content (AvgIpc) is 3.62. The number of benzene rings is 2. The molecule has 13 nitrogen and oxygen atoms in total. The van der Waals surface area contributed by atoms with Gasteiger partial charge in [-0.2, -0.15) is 0 Å². The summed E-state index contributed by atoms with van der Waals surface area (Å²) in [5.41, 5.74) is 5.75. The molecule has 3 atom stereocenters. The first-order valence-corrected chi connectivity index (χ1v) is 17.9. The van der Waals surface area contributed by atoms with Crippen LogP contribution in [0.2, 0.25) is 0 Å². The molecule has 1 aliphatic carbocycles. The molecule has 0 spiro atoms. The summed E-state index contributed by atoms with van der Waals surface area (Å²) in [6.45, 7) is 5.00. The van der Waals surface area contributed by atoms with Gasteiger partial charge in [-0.1, -0.05) is 18.2 Å². The topological polar surface area (TPSA) is 184 Å². The van der Waals surface area contributed by atoms with E-state index in [1.807, 2.05) is 32.1 Å². The van der Waals surface area contributed by atoms with E-state index in [9.17, 15) is 49.2 Å². The van der Waals surface area contributed by atoms with Gasteiger partial charge in [0.15, 0.2) is 11.5 Å². The van der Waals surface area contributed by atoms with Crippen LogP contribution in [0.15, 0.2) is 42.5 Å². The minimum Gasteiger partial charge on any atom is -0.0312 e. The molecule has 0 saturated heterocycles. The summed E-state index contributed by atoms with van der Waals surface area (Å²) in [6.07, 6.45) is 8.54. The monoisotopic (exact) mass is 896 g/mol. The third kappa shape index (κ3) is 21.5. The van der Waals surface area contributed by atoms with Crippen LogP contribution in [0, 0.1) is 32.1 Å². The number of alkyl carbamates (subject to hydrolysis) is 1. The zero-order chi connectivity index (χ0) is 41.0. The van der Waals surface area contributed by atoms with Gasteiger partial charge in [0.25, 0.3) is 0 Å². The molecule has 1 saturated carbocycles. The molecule has 2 heterocycles. The van der Waals surface area contributed by atoms with Gasteiger partial charge in [-0.05, 0) is 88.3 Å². The molecule has 5 radical (unpaired) electrons. The Labute approximate surface area is 327 Å². The molecule has 21 heteroatoms. The molecule has 5 rings (SSSR count). The molecule has 2 aromatic carbocycles. The summed E-state index contributed by atoms with van der Waals surface area (Å²) < 4.78 is 80.9. The van der Waals surface area contributed by atoms with Crippen molar-refractivity contribution in [3.8, 4) is 17.2 Å². The Morgan fingerprint density at radius 1 is 0.855 bits per heavy atom. The summed E-state index contributed by atoms with van der Waals surface area (Å²) in [6, 6.07) is 7.94. The fourth-order valence-corrected chi connectivity index (χ4v) is 4.49. The third-order valence-corrected chi connectivity index (χ3v) is 6.66. The van der Waals surface area contributed by atoms with Gasteiger partial charge in [0, 0.05) is 12.8 Å². The van der Waals surface area contributed by atoms with Crippen molar-refractivity contribution in [2.24, 2.45) is 5.73 Å². The standard InChI is InChI=1S/C29H36N4O9.C5H5.F6P.Ru/c1-29(2,3)42-28(38)33-19-13-17-8-11-22(39-4)23(14-17)41-18-9-6-16(7-10-18)12-21(27(37)40-5)32-26(36)20(15-24(30)34)31-25(19)35;1-2-4-5-3-1;1-7(2,3,4,5)6;/h6-11,14,19-21H,12-13,15H2,1-5H3,(H2,30,34)(H,31,35)(H,32,36)(H,33,38);1-5H;;/q;;-1;+2/t19-,20-,21-;;;/m0.../s1. The predicted molar refractivity (Wildman–Crippen MR) is 185 cm³/mol. The quantitative estimate of drug-likeness (QED) is 0.123. The van der Waals surface area contributed by atoms with Gasteiger partial charge in [-0.3, -0.25) is 14.4 Å². The normalized spacial score (nSPS) is 19.9. The van der Waals surface area contributed by atoms with Crippen molar-refractivity contribution in [2.45, 2.75) is 63.8 Å². The first kappa shape index (κ1) is 48.8. The molecular formula is C34H41F6N4O9PRu+. The zero-order valence-corrected chi connectivity index (χ0v) is 32.7. The van der Waals surface area contributed by atoms with Crippen LogP contribution >= 0.6 is 7.81 Å². The van der Waals surface area contributed by atoms with Crippen LogP contribution in [0.1, 0.15) is 38.3 Å². The Balaban J connectivity index is 0.000000993. The number of nitrogens with one attached hydrogen (secondary N) is 3. The maximum absolute atomic E-state index is 13.5. The summed E-state index contributed by atoms with van der Waals surface area (Å²) >= 11 is 0. The Hall–Kier alpha value is -4.18. The van der Waals surface area contributed by atoms with E-state index in [0.29, 0.717) is 28.4 Å². The van der Waals surface area contributed by atoms with Crippen molar-refractivity contribution in [2.75, 3.05) is 14.2 Å². The number of halogens is 6. The number of rotatable bonds is 5. The van der Waals surface area contributed by atoms with Crippen molar-refractivity contribution < 1.29 is 87.6 Å². The largest absolute Gasteiger partial charge is 2.00 e. The number of primary amides is 1. The van der Waals surface area contributed by atoms with Gasteiger partial charge in [0.2, 0.25) is 17.7 Å². The van der Waals surface area contributed by atoms with Gasteiger partial charge in [-0.15, -0.1) is 0 Å². The van der Waals surface area contributed by atoms with Gasteiger partial charge >= 0.3 is 64.5 Å². The number of amides is 4. The van der Waals surface area contributed by atoms with Gasteiger partial charge < -0.3 is 40.6 Å². The van der Waals surface area contributed by atoms with Crippen molar-refractivity contribution in [3.63, 3.8) is 0 Å². The Kier molecular flexibility index (Phi) is 17.4. The van der Waals surface area contributed by atoms with Crippen LogP contribution in [-0.2, 0) is 61.0 Å². The number of methoxy groups -OCH3 is 2. The molecule has 4 amide bonds. The van der Waals surface area contributed by atoms with Crippen LogP contribution in [-0.4, -0.2) is 67.7 Å². The van der Waals surface area contributed by atoms with Crippen molar-refractivity contribution in [3.05, 3.63) is 85.7 Å². The summed E-state index contributed by atoms with van der Waals surface area (Å²) in [5, 5.41) is 7.55. The second-order valence-electron chi connectivity index (χ2n) is 12.6. The second kappa shape index (κ2) is 19.6. The zero-order valence-electron chi connectivity index (χ0n) is 30.1. The second-order valence-corrected chi connectivity index (χ2v) is 14.5. The van der Waals surface area contributed by atoms with Crippen molar-refractivity contribution in [1.82, 2.24) is 16.0 Å². The molecule has 3 aliphatic rings. The maximum Gasteiger partial charge on any atom is 2.00 e. The Morgan fingerprint density at radius 3 is 1.85 bits per heavy atom. The van der Waals surface area contributed by atoms with Gasteiger partial charge in [0.1, 0.15) is 29.5 Å². The first-order chi connectivity index (χ1) is 24.7. The summed E-state index contributed by atoms with van der Waals surface area (Å²) in [5.74, 6) is -2.03. The van der Waals surface area contributed by atoms with E-state index in [-0.39, 0.29) is 32.3 Å². The minimum atomic E-state index is -10.7. The summed E-state index contributed by atoms with van der Waals surface area (Å²) in [7, 11) is -8.00. The molecule has 0 aromatic heterocycles. The van der Waals surface area contributed by atoms with E-state index in [0.717, 1.165) is 0 Å². The number of hydrogen-bond acceptors (Lipinski definition) is 9. The van der Waals surface area contributed by atoms with Crippen LogP contribution in [0.3, 0.4) is 0 Å². The predicted octanol–water partition coefficient (Wildman–Crippen LogP) is 5.90. The maximum atomic E-state index is 13.5. The van der Waals surface area contributed by atoms with E-state index < -0.39 is 67.7 Å². The number of fused-ring (bicyclic) bond motifs is 10. The molecule has 0 unspecified atom stereocenters. The van der Waals surface area contributed by atoms with E-state index in [1.165, 1.54) is 14.2 Å². The minimum absolute atomic E-state index is 0. The molecule has 55 heavy (non-hydrogen) atoms. The fraction of sp³-hybridized carbons (Fsp3) is 0.353. The number of nitrogens with two attached hydrogens (primary N) is 1. The van der Waals surface area contributed by atoms with Crippen LogP contribution < -0.4 is 31.2 Å². The smallest absolute Gasteiger partial charge is 0.0312 e. The number of hydrogen-bond donors (Lipinski definition) is 4. The first-order valence-electron chi connectivity index (χ1n) is 15.9. The molecule has 2 aliphatic heterocycles. The SMILES string of the molecule is COC(=O)[C@@H]1Cc2ccc(cc2)Oc2cc(ccc2OC)C[C@H](NC(=O)OC(C)(C)C)C(=O)N[C@@H](CC(N)=O)C(=O)N1.F[P-](F)(F)(F)(F)F.[CH]1[CH][CH][CH][CH]1.[Ru+2]. The van der Waals surface area contributed by atoms with Crippen LogP contribution in [0.4, 0.5) is 30.0 Å². The van der Waals surface area contributed by atoms with Crippen molar-refractivity contribution >= 4 is 37.6 Å². The summed E-state index contributed by atoms with van der Waals surface area (Å²) in [4.78, 5) is 63.8. The number of carbonyl (C=O) groups is 5. The van der Waals surface area contributed by atoms with Crippen LogP contribution in [0.25, 0.3) is 0 Å². The van der Waals surface area contributed by atoms with E-state index >= 15 is 0 Å². The van der Waals surface area contributed by atoms with E-state index in [2.05, 4.69) is 16.0 Å². The molecular weight excluding hydrogens is 854 g/mol.